The number of hydrogen-bond donors (Lipinski definition) is 5. The number of piperidine rings is 1. The molecule has 2 fully saturated rings. The number of amides is 4. The Kier molecular flexibility index (Phi) is 8.01. The van der Waals surface area contributed by atoms with E-state index >= 15 is 4.39 Å². The number of phenols is 1. The molecule has 1 unspecified atom stereocenters. The van der Waals surface area contributed by atoms with Crippen LogP contribution in [0.2, 0.25) is 0 Å². The minimum atomic E-state index is -4.35. The molecule has 3 heterocycles. The molecule has 1 aromatic heterocycles. The number of nitrogens with zero attached hydrogens (tertiary/aromatic N) is 3. The maximum Gasteiger partial charge on any atom is 0.329 e. The fourth-order valence-electron chi connectivity index (χ4n) is 6.49. The van der Waals surface area contributed by atoms with Crippen molar-refractivity contribution in [2.75, 3.05) is 21.5 Å². The zero-order chi connectivity index (χ0) is 36.4. The number of fused-ring (bicyclic) bond motifs is 2. The number of phenolic OH excluding ortho intramolecular Hbond substituents is 1. The Labute approximate surface area is 288 Å². The Morgan fingerprint density at radius 2 is 1.75 bits per heavy atom. The molecule has 5 N–H and O–H groups in total. The van der Waals surface area contributed by atoms with Crippen LogP contribution < -0.4 is 30.7 Å². The van der Waals surface area contributed by atoms with Crippen molar-refractivity contribution in [1.29, 1.82) is 0 Å². The van der Waals surface area contributed by atoms with E-state index < -0.39 is 51.9 Å². The lowest BCUT2D eigenvalue weighted by Gasteiger charge is -2.22. The molecule has 0 aliphatic carbocycles. The van der Waals surface area contributed by atoms with Crippen LogP contribution in [0, 0.1) is 12.7 Å². The summed E-state index contributed by atoms with van der Waals surface area (Å²) in [6.45, 7) is 1.19. The molecule has 262 valence electrons. The zero-order valence-electron chi connectivity index (χ0n) is 27.1. The Balaban J connectivity index is 1.05. The first-order chi connectivity index (χ1) is 24.2. The number of aryl methyl sites for hydroxylation is 2. The average molecular weight is 716 g/mol. The average Bonchev–Trinajstić information content (AvgIpc) is 3.47. The number of aromatic hydroxyl groups is 1. The second-order valence-electron chi connectivity index (χ2n) is 12.4. The highest BCUT2D eigenvalue weighted by Gasteiger charge is 2.38. The molecule has 17 heteroatoms. The van der Waals surface area contributed by atoms with E-state index in [1.807, 2.05) is 19.1 Å². The summed E-state index contributed by atoms with van der Waals surface area (Å²) in [6.07, 6.45) is 0.388. The van der Waals surface area contributed by atoms with Crippen LogP contribution in [0.15, 0.2) is 65.5 Å². The van der Waals surface area contributed by atoms with Gasteiger partial charge in [-0.2, -0.15) is 8.42 Å². The van der Waals surface area contributed by atoms with Crippen LogP contribution in [-0.2, 0) is 42.9 Å². The van der Waals surface area contributed by atoms with Crippen molar-refractivity contribution in [2.24, 2.45) is 7.05 Å². The Morgan fingerprint density at radius 1 is 0.980 bits per heavy atom. The molecule has 0 bridgehead atoms. The number of anilines is 4. The predicted molar refractivity (Wildman–Crippen MR) is 185 cm³/mol. The third-order valence-electron chi connectivity index (χ3n) is 8.93. The topological polar surface area (TPSA) is 201 Å². The zero-order valence-corrected chi connectivity index (χ0v) is 27.9. The second-order valence-corrected chi connectivity index (χ2v) is 14.0. The third-order valence-corrected chi connectivity index (χ3v) is 10.3. The summed E-state index contributed by atoms with van der Waals surface area (Å²) in [5.74, 6) is -3.83. The summed E-state index contributed by atoms with van der Waals surface area (Å²) in [5, 5.41) is 19.0. The van der Waals surface area contributed by atoms with Gasteiger partial charge in [0.15, 0.2) is 5.82 Å². The van der Waals surface area contributed by atoms with Gasteiger partial charge in [-0.1, -0.05) is 12.1 Å². The Morgan fingerprint density at radius 3 is 2.45 bits per heavy atom. The number of rotatable bonds is 7. The first-order valence-electron chi connectivity index (χ1n) is 15.7. The minimum Gasteiger partial charge on any atom is -0.506 e. The monoisotopic (exact) mass is 715 g/mol. The molecule has 5 aromatic rings. The molecule has 51 heavy (non-hydrogen) atoms. The van der Waals surface area contributed by atoms with Crippen LogP contribution in [-0.4, -0.2) is 52.8 Å². The van der Waals surface area contributed by atoms with Crippen molar-refractivity contribution >= 4 is 78.4 Å². The summed E-state index contributed by atoms with van der Waals surface area (Å²) in [4.78, 5) is 61.8. The van der Waals surface area contributed by atoms with Gasteiger partial charge in [-0.05, 0) is 78.4 Å². The molecular weight excluding hydrogens is 685 g/mol. The lowest BCUT2D eigenvalue weighted by Crippen LogP contribution is -2.44. The molecule has 2 saturated heterocycles. The largest absolute Gasteiger partial charge is 0.506 e. The molecule has 4 aromatic carbocycles. The van der Waals surface area contributed by atoms with Crippen LogP contribution in [0.1, 0.15) is 30.0 Å². The Bertz CT molecular complexity index is 2530. The molecule has 0 saturated carbocycles. The SMILES string of the molecule is Cc1cc(CC(=O)Nc2ccc3c(F)c(N4CC(=O)NS4(=O)=O)c(O)cc3c2)ccc1Nc1ccc2c(c1)n(C)c(=O)n2C1CCC(=O)NC1=O. The number of carbonyl (C=O) groups excluding carboxylic acids is 4. The van der Waals surface area contributed by atoms with Crippen LogP contribution in [0.3, 0.4) is 0 Å². The van der Waals surface area contributed by atoms with E-state index in [1.54, 1.807) is 36.0 Å². The summed E-state index contributed by atoms with van der Waals surface area (Å²) in [6, 6.07) is 15.4. The molecule has 4 amide bonds. The van der Waals surface area contributed by atoms with Crippen molar-refractivity contribution in [3.8, 4) is 5.75 Å². The van der Waals surface area contributed by atoms with Gasteiger partial charge in [0.2, 0.25) is 17.7 Å². The number of nitrogens with one attached hydrogen (secondary N) is 4. The molecule has 0 spiro atoms. The first-order valence-corrected chi connectivity index (χ1v) is 17.1. The predicted octanol–water partition coefficient (Wildman–Crippen LogP) is 2.73. The number of carbonyl (C=O) groups is 4. The number of imide groups is 1. The van der Waals surface area contributed by atoms with E-state index in [0.717, 1.165) is 17.3 Å². The smallest absolute Gasteiger partial charge is 0.329 e. The van der Waals surface area contributed by atoms with Crippen molar-refractivity contribution in [3.05, 3.63) is 88.1 Å². The van der Waals surface area contributed by atoms with Crippen molar-refractivity contribution in [2.45, 2.75) is 32.2 Å². The normalized spacial score (nSPS) is 17.1. The van der Waals surface area contributed by atoms with Crippen molar-refractivity contribution in [1.82, 2.24) is 19.2 Å². The summed E-state index contributed by atoms with van der Waals surface area (Å²) in [5.41, 5.74) is 3.43. The van der Waals surface area contributed by atoms with Gasteiger partial charge in [0, 0.05) is 35.9 Å². The molecule has 15 nitrogen and oxygen atoms in total. The van der Waals surface area contributed by atoms with Gasteiger partial charge < -0.3 is 15.7 Å². The number of imidazole rings is 1. The fraction of sp³-hybridized carbons (Fsp3) is 0.206. The Hall–Kier alpha value is -6.23. The highest BCUT2D eigenvalue weighted by atomic mass is 32.2. The first kappa shape index (κ1) is 33.3. The van der Waals surface area contributed by atoms with E-state index in [4.69, 9.17) is 0 Å². The quantitative estimate of drug-likeness (QED) is 0.157. The van der Waals surface area contributed by atoms with Gasteiger partial charge >= 0.3 is 15.9 Å². The second kappa shape index (κ2) is 12.3. The number of hydrogen-bond acceptors (Lipinski definition) is 9. The molecule has 0 radical (unpaired) electrons. The number of halogens is 1. The van der Waals surface area contributed by atoms with Crippen molar-refractivity contribution < 1.29 is 37.1 Å². The van der Waals surface area contributed by atoms with Gasteiger partial charge in [0.25, 0.3) is 5.91 Å². The summed E-state index contributed by atoms with van der Waals surface area (Å²) >= 11 is 0. The van der Waals surface area contributed by atoms with Gasteiger partial charge in [-0.15, -0.1) is 0 Å². The fourth-order valence-corrected chi connectivity index (χ4v) is 7.66. The molecule has 2 aliphatic rings. The van der Waals surface area contributed by atoms with Crippen molar-refractivity contribution in [3.63, 3.8) is 0 Å². The van der Waals surface area contributed by atoms with Crippen LogP contribution in [0.4, 0.5) is 27.1 Å². The number of benzene rings is 4. The molecule has 7 rings (SSSR count). The minimum absolute atomic E-state index is 0.00742. The standard InChI is InChI=1S/C34H30FN7O8S/c1-17-11-18(3-7-23(17)36-21-5-8-24-26(15-21)40(2)34(48)42(24)25-9-10-28(44)38-33(25)47)12-29(45)37-20-4-6-22-19(13-20)14-27(43)32(31(22)35)41-16-30(46)39-51(41,49)50/h3-8,11,13-15,25,36,43H,9-10,12,16H2,1-2H3,(H,37,45)(H,39,46)(H,38,44,47). The van der Waals surface area contributed by atoms with Gasteiger partial charge in [0.1, 0.15) is 24.0 Å². The molecular formula is C34H30FN7O8S. The van der Waals surface area contributed by atoms with Gasteiger partial charge in [-0.3, -0.25) is 33.6 Å². The summed E-state index contributed by atoms with van der Waals surface area (Å²) < 4.78 is 44.9. The van der Waals surface area contributed by atoms with E-state index in [1.165, 1.54) is 27.3 Å². The maximum absolute atomic E-state index is 15.4. The highest BCUT2D eigenvalue weighted by molar-refractivity contribution is 7.92. The van der Waals surface area contributed by atoms with Crippen LogP contribution in [0.25, 0.3) is 21.8 Å². The van der Waals surface area contributed by atoms with E-state index in [0.29, 0.717) is 32.3 Å². The van der Waals surface area contributed by atoms with Crippen LogP contribution in [0.5, 0.6) is 5.75 Å². The highest BCUT2D eigenvalue weighted by Crippen LogP contribution is 2.39. The number of aromatic nitrogens is 2. The van der Waals surface area contributed by atoms with E-state index in [2.05, 4.69) is 16.0 Å². The molecule has 1 atom stereocenters. The lowest BCUT2D eigenvalue weighted by molar-refractivity contribution is -0.135. The van der Waals surface area contributed by atoms with E-state index in [9.17, 15) is 37.5 Å². The third kappa shape index (κ3) is 6.01. The van der Waals surface area contributed by atoms with Gasteiger partial charge in [0.05, 0.1) is 17.5 Å². The maximum atomic E-state index is 15.4. The molecule has 2 aliphatic heterocycles. The van der Waals surface area contributed by atoms with Crippen LogP contribution >= 0.6 is 0 Å². The summed E-state index contributed by atoms with van der Waals surface area (Å²) in [7, 11) is -2.74. The van der Waals surface area contributed by atoms with Gasteiger partial charge in [-0.25, -0.2) is 18.2 Å². The van der Waals surface area contributed by atoms with E-state index in [-0.39, 0.29) is 47.5 Å². The lowest BCUT2D eigenvalue weighted by atomic mass is 10.1.